The van der Waals surface area contributed by atoms with E-state index in [-0.39, 0.29) is 5.78 Å². The number of carbonyl (C=O) groups is 1. The van der Waals surface area contributed by atoms with E-state index >= 15 is 0 Å². The van der Waals surface area contributed by atoms with Gasteiger partial charge in [0.05, 0.1) is 0 Å². The molecule has 1 unspecified atom stereocenters. The molecule has 2 rings (SSSR count). The number of alkyl halides is 1. The van der Waals surface area contributed by atoms with Gasteiger partial charge in [0.15, 0.2) is 5.78 Å². The summed E-state index contributed by atoms with van der Waals surface area (Å²) in [6.07, 6.45) is 2.11. The fourth-order valence-corrected chi connectivity index (χ4v) is 2.35. The van der Waals surface area contributed by atoms with Gasteiger partial charge in [0.25, 0.3) is 0 Å². The lowest BCUT2D eigenvalue weighted by Gasteiger charge is -2.26. The van der Waals surface area contributed by atoms with E-state index in [0.717, 1.165) is 18.5 Å². The fourth-order valence-electron chi connectivity index (χ4n) is 2.35. The van der Waals surface area contributed by atoms with Gasteiger partial charge in [0.2, 0.25) is 0 Å². The average molecular weight is 210 g/mol. The van der Waals surface area contributed by atoms with Crippen LogP contribution in [0.15, 0.2) is 0 Å². The van der Waals surface area contributed by atoms with Gasteiger partial charge in [-0.1, -0.05) is 0 Å². The molecule has 0 N–H and O–H groups in total. The van der Waals surface area contributed by atoms with E-state index in [1.165, 1.54) is 6.92 Å². The van der Waals surface area contributed by atoms with Gasteiger partial charge in [-0.15, -0.1) is 0 Å². The topological polar surface area (TPSA) is 34.9 Å². The van der Waals surface area contributed by atoms with Crippen molar-refractivity contribution in [3.63, 3.8) is 0 Å². The summed E-state index contributed by atoms with van der Waals surface area (Å²) >= 11 is 0. The largest absolute Gasteiger partial charge is 0.293 e. The van der Waals surface area contributed by atoms with Crippen LogP contribution in [0.5, 0.6) is 0 Å². The lowest BCUT2D eigenvalue weighted by atomic mass is 9.83. The summed E-state index contributed by atoms with van der Waals surface area (Å²) in [5.41, 5.74) is 0.292. The number of fused-ring (bicyclic) bond motifs is 1. The van der Waals surface area contributed by atoms with Crippen LogP contribution in [0, 0.1) is 0 Å². The maximum atomic E-state index is 14.3. The lowest BCUT2D eigenvalue weighted by Crippen LogP contribution is -2.24. The van der Waals surface area contributed by atoms with Crippen LogP contribution in [0.3, 0.4) is 0 Å². The van der Waals surface area contributed by atoms with E-state index in [4.69, 9.17) is 0 Å². The number of hydrogen-bond donors (Lipinski definition) is 0. The first-order valence-electron chi connectivity index (χ1n) is 5.19. The SMILES string of the molecule is CC(=O)c1nn(C)c2c1C(C)(F)CCC2. The van der Waals surface area contributed by atoms with Crippen molar-refractivity contribution in [2.75, 3.05) is 0 Å². The van der Waals surface area contributed by atoms with E-state index in [1.54, 1.807) is 18.7 Å². The number of rotatable bonds is 1. The molecular formula is C11H15FN2O. The molecule has 1 aromatic heterocycles. The molecular weight excluding hydrogens is 195 g/mol. The normalized spacial score (nSPS) is 25.1. The standard InChI is InChI=1S/C11H15FN2O/c1-7(15)10-9-8(14(3)13-10)5-4-6-11(9,2)12/h4-6H2,1-3H3. The number of carbonyl (C=O) groups excluding carboxylic acids is 1. The number of Topliss-reactive ketones (excluding diaryl/α,β-unsaturated/α-hetero) is 1. The lowest BCUT2D eigenvalue weighted by molar-refractivity contribution is 0.0995. The Balaban J connectivity index is 2.67. The van der Waals surface area contributed by atoms with E-state index in [0.29, 0.717) is 17.7 Å². The molecule has 1 aliphatic rings. The quantitative estimate of drug-likeness (QED) is 0.666. The first kappa shape index (κ1) is 10.3. The first-order chi connectivity index (χ1) is 6.93. The minimum Gasteiger partial charge on any atom is -0.293 e. The molecule has 82 valence electrons. The minimum absolute atomic E-state index is 0.155. The Labute approximate surface area is 88.3 Å². The Kier molecular flexibility index (Phi) is 2.17. The molecule has 4 heteroatoms. The van der Waals surface area contributed by atoms with Crippen LogP contribution in [0.4, 0.5) is 4.39 Å². The van der Waals surface area contributed by atoms with Crippen LogP contribution < -0.4 is 0 Å². The van der Waals surface area contributed by atoms with E-state index < -0.39 is 5.67 Å². The molecule has 1 atom stereocenters. The van der Waals surface area contributed by atoms with Crippen molar-refractivity contribution in [3.05, 3.63) is 17.0 Å². The molecule has 0 aliphatic heterocycles. The molecule has 1 aliphatic carbocycles. The van der Waals surface area contributed by atoms with Gasteiger partial charge in [-0.2, -0.15) is 5.10 Å². The van der Waals surface area contributed by atoms with Gasteiger partial charge >= 0.3 is 0 Å². The number of hydrogen-bond acceptors (Lipinski definition) is 2. The van der Waals surface area contributed by atoms with Crippen molar-refractivity contribution < 1.29 is 9.18 Å². The number of halogens is 1. The van der Waals surface area contributed by atoms with Crippen molar-refractivity contribution in [2.45, 2.75) is 38.8 Å². The zero-order valence-corrected chi connectivity index (χ0v) is 9.30. The molecule has 0 spiro atoms. The van der Waals surface area contributed by atoms with Crippen molar-refractivity contribution in [3.8, 4) is 0 Å². The molecule has 0 radical (unpaired) electrons. The first-order valence-corrected chi connectivity index (χ1v) is 5.19. The van der Waals surface area contributed by atoms with Crippen molar-refractivity contribution in [2.24, 2.45) is 7.05 Å². The Morgan fingerprint density at radius 2 is 2.27 bits per heavy atom. The molecule has 15 heavy (non-hydrogen) atoms. The van der Waals surface area contributed by atoms with Crippen LogP contribution in [-0.4, -0.2) is 15.6 Å². The number of ketones is 1. The third-order valence-electron chi connectivity index (χ3n) is 3.08. The zero-order valence-electron chi connectivity index (χ0n) is 9.30. The van der Waals surface area contributed by atoms with Crippen LogP contribution in [0.1, 0.15) is 48.4 Å². The van der Waals surface area contributed by atoms with Gasteiger partial charge in [-0.05, 0) is 26.2 Å². The Hall–Kier alpha value is -1.19. The number of nitrogens with zero attached hydrogens (tertiary/aromatic N) is 2. The van der Waals surface area contributed by atoms with Gasteiger partial charge in [0, 0.05) is 25.2 Å². The number of aryl methyl sites for hydroxylation is 1. The Morgan fingerprint density at radius 3 is 2.87 bits per heavy atom. The van der Waals surface area contributed by atoms with E-state index in [9.17, 15) is 9.18 Å². The van der Waals surface area contributed by atoms with Crippen molar-refractivity contribution in [1.29, 1.82) is 0 Å². The molecule has 0 saturated heterocycles. The second-order valence-corrected chi connectivity index (χ2v) is 4.40. The summed E-state index contributed by atoms with van der Waals surface area (Å²) < 4.78 is 15.9. The highest BCUT2D eigenvalue weighted by molar-refractivity contribution is 5.94. The van der Waals surface area contributed by atoms with Crippen molar-refractivity contribution >= 4 is 5.78 Å². The Morgan fingerprint density at radius 1 is 1.60 bits per heavy atom. The molecule has 0 bridgehead atoms. The second kappa shape index (κ2) is 3.15. The smallest absolute Gasteiger partial charge is 0.180 e. The van der Waals surface area contributed by atoms with E-state index in [2.05, 4.69) is 5.10 Å². The molecule has 0 saturated carbocycles. The third kappa shape index (κ3) is 1.48. The van der Waals surface area contributed by atoms with Crippen LogP contribution in [0.25, 0.3) is 0 Å². The summed E-state index contributed by atoms with van der Waals surface area (Å²) in [7, 11) is 1.77. The molecule has 0 aromatic carbocycles. The van der Waals surface area contributed by atoms with E-state index in [1.807, 2.05) is 0 Å². The Bertz CT molecular complexity index is 420. The highest BCUT2D eigenvalue weighted by Crippen LogP contribution is 2.40. The average Bonchev–Trinajstić information content (AvgIpc) is 2.45. The number of aromatic nitrogens is 2. The van der Waals surface area contributed by atoms with Crippen molar-refractivity contribution in [1.82, 2.24) is 9.78 Å². The molecule has 1 aromatic rings. The summed E-state index contributed by atoms with van der Waals surface area (Å²) in [5.74, 6) is -0.155. The zero-order chi connectivity index (χ0) is 11.2. The second-order valence-electron chi connectivity index (χ2n) is 4.40. The predicted octanol–water partition coefficient (Wildman–Crippen LogP) is 2.14. The minimum atomic E-state index is -1.40. The highest BCUT2D eigenvalue weighted by Gasteiger charge is 2.38. The van der Waals surface area contributed by atoms with Crippen LogP contribution in [-0.2, 0) is 19.1 Å². The molecule has 0 fully saturated rings. The monoisotopic (exact) mass is 210 g/mol. The van der Waals surface area contributed by atoms with Gasteiger partial charge in [-0.3, -0.25) is 9.48 Å². The van der Waals surface area contributed by atoms with Crippen LogP contribution >= 0.6 is 0 Å². The summed E-state index contributed by atoms with van der Waals surface area (Å²) in [5, 5.41) is 4.11. The van der Waals surface area contributed by atoms with Gasteiger partial charge < -0.3 is 0 Å². The molecule has 1 heterocycles. The van der Waals surface area contributed by atoms with Gasteiger partial charge in [-0.25, -0.2) is 4.39 Å². The fraction of sp³-hybridized carbons (Fsp3) is 0.636. The maximum absolute atomic E-state index is 14.3. The molecule has 0 amide bonds. The highest BCUT2D eigenvalue weighted by atomic mass is 19.1. The third-order valence-corrected chi connectivity index (χ3v) is 3.08. The van der Waals surface area contributed by atoms with Crippen LogP contribution in [0.2, 0.25) is 0 Å². The summed E-state index contributed by atoms with van der Waals surface area (Å²) in [4.78, 5) is 11.4. The predicted molar refractivity (Wildman–Crippen MR) is 54.6 cm³/mol. The summed E-state index contributed by atoms with van der Waals surface area (Å²) in [6.45, 7) is 2.98. The summed E-state index contributed by atoms with van der Waals surface area (Å²) in [6, 6.07) is 0. The maximum Gasteiger partial charge on any atom is 0.180 e. The van der Waals surface area contributed by atoms with Gasteiger partial charge in [0.1, 0.15) is 11.4 Å². The molecule has 3 nitrogen and oxygen atoms in total.